The maximum Gasteiger partial charge on any atom is 0.272 e. The molecule has 1 aromatic heterocycles. The minimum Gasteiger partial charge on any atom is -0.493 e. The second-order valence-electron chi connectivity index (χ2n) is 6.26. The normalized spacial score (nSPS) is 10.4. The quantitative estimate of drug-likeness (QED) is 0.684. The van der Waals surface area contributed by atoms with E-state index in [9.17, 15) is 4.79 Å². The van der Waals surface area contributed by atoms with Gasteiger partial charge in [-0.15, -0.1) is 0 Å². The molecule has 0 spiro atoms. The molecule has 6 nitrogen and oxygen atoms in total. The highest BCUT2D eigenvalue weighted by atomic mass is 16.5. The van der Waals surface area contributed by atoms with Crippen LogP contribution >= 0.6 is 0 Å². The molecule has 0 saturated heterocycles. The number of benzene rings is 1. The van der Waals surface area contributed by atoms with Crippen molar-refractivity contribution in [1.82, 2.24) is 9.88 Å². The summed E-state index contributed by atoms with van der Waals surface area (Å²) < 4.78 is 10.6. The van der Waals surface area contributed by atoms with Gasteiger partial charge >= 0.3 is 0 Å². The molecule has 1 N–H and O–H groups in total. The van der Waals surface area contributed by atoms with Gasteiger partial charge in [0, 0.05) is 31.5 Å². The van der Waals surface area contributed by atoms with Gasteiger partial charge < -0.3 is 19.7 Å². The third-order valence-electron chi connectivity index (χ3n) is 4.20. The molecule has 0 unspecified atom stereocenters. The number of nitrogens with zero attached hydrogens (tertiary/aromatic N) is 2. The van der Waals surface area contributed by atoms with Crippen LogP contribution in [0.1, 0.15) is 42.7 Å². The molecule has 0 aliphatic carbocycles. The van der Waals surface area contributed by atoms with Crippen LogP contribution in [-0.2, 0) is 6.54 Å². The molecule has 0 saturated carbocycles. The zero-order valence-corrected chi connectivity index (χ0v) is 16.6. The fraction of sp³-hybridized carbons (Fsp3) is 0.429. The summed E-state index contributed by atoms with van der Waals surface area (Å²) in [5, 5.41) is 3.34. The van der Waals surface area contributed by atoms with Gasteiger partial charge in [0.05, 0.1) is 14.2 Å². The first-order valence-corrected chi connectivity index (χ1v) is 9.33. The molecular weight excluding hydrogens is 342 g/mol. The zero-order chi connectivity index (χ0) is 19.6. The molecule has 1 aromatic carbocycles. The highest BCUT2D eigenvalue weighted by molar-refractivity contribution is 5.93. The molecule has 27 heavy (non-hydrogen) atoms. The third-order valence-corrected chi connectivity index (χ3v) is 4.20. The van der Waals surface area contributed by atoms with Crippen LogP contribution < -0.4 is 14.8 Å². The molecule has 146 valence electrons. The molecule has 2 aromatic rings. The average Bonchev–Trinajstić information content (AvgIpc) is 2.71. The van der Waals surface area contributed by atoms with E-state index >= 15 is 0 Å². The number of hydrogen-bond acceptors (Lipinski definition) is 5. The largest absolute Gasteiger partial charge is 0.493 e. The molecule has 6 heteroatoms. The smallest absolute Gasteiger partial charge is 0.272 e. The first kappa shape index (κ1) is 20.6. The Hall–Kier alpha value is -2.76. The zero-order valence-electron chi connectivity index (χ0n) is 16.6. The van der Waals surface area contributed by atoms with Crippen molar-refractivity contribution in [3.63, 3.8) is 0 Å². The first-order valence-electron chi connectivity index (χ1n) is 9.33. The van der Waals surface area contributed by atoms with E-state index in [1.807, 2.05) is 29.2 Å². The predicted molar refractivity (Wildman–Crippen MR) is 108 cm³/mol. The Kier molecular flexibility index (Phi) is 7.92. The number of pyridine rings is 1. The monoisotopic (exact) mass is 371 g/mol. The minimum atomic E-state index is -0.0199. The molecule has 0 aliphatic rings. The lowest BCUT2D eigenvalue weighted by molar-refractivity contribution is 0.0749. The Morgan fingerprint density at radius 1 is 1.04 bits per heavy atom. The van der Waals surface area contributed by atoms with E-state index in [0.717, 1.165) is 37.2 Å². The van der Waals surface area contributed by atoms with Gasteiger partial charge in [0.2, 0.25) is 0 Å². The highest BCUT2D eigenvalue weighted by Crippen LogP contribution is 2.27. The molecule has 0 radical (unpaired) electrons. The van der Waals surface area contributed by atoms with Gasteiger partial charge in [0.25, 0.3) is 5.91 Å². The number of rotatable bonds is 10. The summed E-state index contributed by atoms with van der Waals surface area (Å²) in [5.74, 6) is 1.37. The standard InChI is InChI=1S/C21H29N3O3/c1-5-11-24(12-6-2)21(25)18-14-17(9-10-22-18)23-15-16-7-8-19(26-3)20(13-16)27-4/h7-10,13-14H,5-6,11-12,15H2,1-4H3,(H,22,23). The third kappa shape index (κ3) is 5.61. The lowest BCUT2D eigenvalue weighted by atomic mass is 10.2. The maximum atomic E-state index is 12.7. The molecule has 0 fully saturated rings. The summed E-state index contributed by atoms with van der Waals surface area (Å²) in [6.45, 7) is 6.25. The summed E-state index contributed by atoms with van der Waals surface area (Å²) >= 11 is 0. The van der Waals surface area contributed by atoms with Crippen LogP contribution in [0.4, 0.5) is 5.69 Å². The van der Waals surface area contributed by atoms with Gasteiger partial charge in [-0.2, -0.15) is 0 Å². The Balaban J connectivity index is 2.08. The first-order chi connectivity index (χ1) is 13.1. The number of anilines is 1. The molecule has 2 rings (SSSR count). The van der Waals surface area contributed by atoms with Gasteiger partial charge in [0.15, 0.2) is 11.5 Å². The van der Waals surface area contributed by atoms with E-state index in [2.05, 4.69) is 24.1 Å². The number of hydrogen-bond donors (Lipinski definition) is 1. The van der Waals surface area contributed by atoms with Crippen molar-refractivity contribution >= 4 is 11.6 Å². The van der Waals surface area contributed by atoms with Crippen LogP contribution in [0, 0.1) is 0 Å². The Morgan fingerprint density at radius 2 is 1.74 bits per heavy atom. The summed E-state index contributed by atoms with van der Waals surface area (Å²) in [5.41, 5.74) is 2.38. The summed E-state index contributed by atoms with van der Waals surface area (Å²) in [6, 6.07) is 9.46. The van der Waals surface area contributed by atoms with Crippen LogP contribution in [0.3, 0.4) is 0 Å². The fourth-order valence-corrected chi connectivity index (χ4v) is 2.87. The Morgan fingerprint density at radius 3 is 2.37 bits per heavy atom. The second-order valence-corrected chi connectivity index (χ2v) is 6.26. The van der Waals surface area contributed by atoms with Crippen molar-refractivity contribution in [1.29, 1.82) is 0 Å². The minimum absolute atomic E-state index is 0.0199. The summed E-state index contributed by atoms with van der Waals surface area (Å²) in [7, 11) is 3.24. The van der Waals surface area contributed by atoms with Crippen molar-refractivity contribution in [2.75, 3.05) is 32.6 Å². The van der Waals surface area contributed by atoms with E-state index in [0.29, 0.717) is 23.7 Å². The number of carbonyl (C=O) groups excluding carboxylic acids is 1. The number of ether oxygens (including phenoxy) is 2. The van der Waals surface area contributed by atoms with Crippen LogP contribution in [0.15, 0.2) is 36.5 Å². The van der Waals surface area contributed by atoms with E-state index in [1.54, 1.807) is 26.5 Å². The average molecular weight is 371 g/mol. The predicted octanol–water partition coefficient (Wildman–Crippen LogP) is 3.97. The van der Waals surface area contributed by atoms with Gasteiger partial charge in [-0.3, -0.25) is 9.78 Å². The summed E-state index contributed by atoms with van der Waals surface area (Å²) in [4.78, 5) is 18.8. The van der Waals surface area contributed by atoms with Crippen molar-refractivity contribution in [3.8, 4) is 11.5 Å². The second kappa shape index (κ2) is 10.4. The van der Waals surface area contributed by atoms with E-state index < -0.39 is 0 Å². The van der Waals surface area contributed by atoms with E-state index in [1.165, 1.54) is 0 Å². The van der Waals surface area contributed by atoms with Crippen LogP contribution in [0.2, 0.25) is 0 Å². The SMILES string of the molecule is CCCN(CCC)C(=O)c1cc(NCc2ccc(OC)c(OC)c2)ccn1. The van der Waals surface area contributed by atoms with Gasteiger partial charge in [-0.1, -0.05) is 19.9 Å². The number of methoxy groups -OCH3 is 2. The van der Waals surface area contributed by atoms with Crippen molar-refractivity contribution in [2.45, 2.75) is 33.2 Å². The van der Waals surface area contributed by atoms with Crippen LogP contribution in [-0.4, -0.2) is 43.1 Å². The van der Waals surface area contributed by atoms with Gasteiger partial charge in [0.1, 0.15) is 5.69 Å². The lowest BCUT2D eigenvalue weighted by Crippen LogP contribution is -2.33. The van der Waals surface area contributed by atoms with Crippen LogP contribution in [0.5, 0.6) is 11.5 Å². The molecule has 0 atom stereocenters. The van der Waals surface area contributed by atoms with Gasteiger partial charge in [-0.05, 0) is 42.7 Å². The number of aromatic nitrogens is 1. The van der Waals surface area contributed by atoms with Crippen LogP contribution in [0.25, 0.3) is 0 Å². The summed E-state index contributed by atoms with van der Waals surface area (Å²) in [6.07, 6.45) is 3.53. The van der Waals surface area contributed by atoms with Crippen molar-refractivity contribution in [3.05, 3.63) is 47.8 Å². The van der Waals surface area contributed by atoms with Crippen molar-refractivity contribution < 1.29 is 14.3 Å². The van der Waals surface area contributed by atoms with E-state index in [4.69, 9.17) is 9.47 Å². The van der Waals surface area contributed by atoms with Gasteiger partial charge in [-0.25, -0.2) is 0 Å². The Labute approximate surface area is 161 Å². The highest BCUT2D eigenvalue weighted by Gasteiger charge is 2.16. The number of nitrogens with one attached hydrogen (secondary N) is 1. The topological polar surface area (TPSA) is 63.7 Å². The maximum absolute atomic E-state index is 12.7. The molecule has 1 heterocycles. The number of amides is 1. The Bertz CT molecular complexity index is 743. The van der Waals surface area contributed by atoms with E-state index in [-0.39, 0.29) is 5.91 Å². The molecule has 0 bridgehead atoms. The molecular formula is C21H29N3O3. The molecule has 0 aliphatic heterocycles. The van der Waals surface area contributed by atoms with Crippen molar-refractivity contribution in [2.24, 2.45) is 0 Å². The molecule has 1 amide bonds. The fourth-order valence-electron chi connectivity index (χ4n) is 2.87. The lowest BCUT2D eigenvalue weighted by Gasteiger charge is -2.21. The number of carbonyl (C=O) groups is 1.